The number of aryl methyl sites for hydroxylation is 1. The van der Waals surface area contributed by atoms with Crippen molar-refractivity contribution < 1.29 is 9.53 Å². The summed E-state index contributed by atoms with van der Waals surface area (Å²) in [5.74, 6) is 0.418. The normalized spacial score (nSPS) is 10.3. The predicted molar refractivity (Wildman–Crippen MR) is 95.2 cm³/mol. The van der Waals surface area contributed by atoms with Crippen LogP contribution in [-0.4, -0.2) is 13.0 Å². The van der Waals surface area contributed by atoms with Gasteiger partial charge >= 0.3 is 0 Å². The molecule has 0 radical (unpaired) electrons. The minimum Gasteiger partial charge on any atom is -0.495 e. The third-order valence-corrected chi connectivity index (χ3v) is 4.51. The molecule has 0 spiro atoms. The van der Waals surface area contributed by atoms with Crippen LogP contribution in [0.1, 0.15) is 15.9 Å². The van der Waals surface area contributed by atoms with Crippen LogP contribution in [-0.2, 0) is 0 Å². The Morgan fingerprint density at radius 2 is 1.81 bits per heavy atom. The molecule has 0 saturated carbocycles. The summed E-state index contributed by atoms with van der Waals surface area (Å²) in [6, 6.07) is 9.16. The zero-order chi connectivity index (χ0) is 15.6. The van der Waals surface area contributed by atoms with Gasteiger partial charge in [-0.15, -0.1) is 0 Å². The van der Waals surface area contributed by atoms with Crippen LogP contribution in [0, 0.1) is 6.92 Å². The van der Waals surface area contributed by atoms with Gasteiger partial charge in [-0.1, -0.05) is 31.9 Å². The van der Waals surface area contributed by atoms with E-state index in [0.29, 0.717) is 17.0 Å². The Morgan fingerprint density at radius 1 is 1.10 bits per heavy atom. The molecule has 0 bridgehead atoms. The van der Waals surface area contributed by atoms with E-state index in [1.165, 1.54) is 0 Å². The van der Waals surface area contributed by atoms with Crippen molar-refractivity contribution in [1.29, 1.82) is 0 Å². The van der Waals surface area contributed by atoms with Crippen molar-refractivity contribution in [2.24, 2.45) is 0 Å². The second-order valence-corrected chi connectivity index (χ2v) is 7.06. The highest BCUT2D eigenvalue weighted by Gasteiger charge is 2.15. The molecule has 2 aromatic rings. The summed E-state index contributed by atoms with van der Waals surface area (Å²) in [5, 5.41) is 2.90. The summed E-state index contributed by atoms with van der Waals surface area (Å²) < 4.78 is 7.86. The molecule has 0 aliphatic carbocycles. The number of carbonyl (C=O) groups excluding carboxylic acids is 1. The van der Waals surface area contributed by atoms with Crippen LogP contribution in [0.3, 0.4) is 0 Å². The molecule has 0 saturated heterocycles. The summed E-state index contributed by atoms with van der Waals surface area (Å²) in [6.07, 6.45) is 0. The number of methoxy groups -OCH3 is 1. The maximum absolute atomic E-state index is 12.4. The summed E-state index contributed by atoms with van der Waals surface area (Å²) in [6.45, 7) is 1.92. The molecule has 2 rings (SSSR count). The van der Waals surface area contributed by atoms with E-state index >= 15 is 0 Å². The Bertz CT molecular complexity index is 702. The number of halogens is 3. The number of rotatable bonds is 3. The lowest BCUT2D eigenvalue weighted by molar-refractivity contribution is 0.102. The highest BCUT2D eigenvalue weighted by Crippen LogP contribution is 2.33. The third-order valence-electron chi connectivity index (χ3n) is 2.90. The fraction of sp³-hybridized carbons (Fsp3) is 0.133. The van der Waals surface area contributed by atoms with E-state index < -0.39 is 0 Å². The Hall–Kier alpha value is -0.850. The molecule has 0 heterocycles. The second-order valence-electron chi connectivity index (χ2n) is 4.38. The van der Waals surface area contributed by atoms with E-state index in [4.69, 9.17) is 4.74 Å². The van der Waals surface area contributed by atoms with E-state index in [1.54, 1.807) is 13.2 Å². The maximum atomic E-state index is 12.4. The lowest BCUT2D eigenvalue weighted by Gasteiger charge is -2.14. The largest absolute Gasteiger partial charge is 0.495 e. The molecule has 0 aliphatic heterocycles. The smallest absolute Gasteiger partial charge is 0.256 e. The van der Waals surface area contributed by atoms with Crippen molar-refractivity contribution in [1.82, 2.24) is 0 Å². The predicted octanol–water partition coefficient (Wildman–Crippen LogP) is 5.54. The van der Waals surface area contributed by atoms with Crippen LogP contribution in [0.25, 0.3) is 0 Å². The molecule has 0 aromatic heterocycles. The summed E-state index contributed by atoms with van der Waals surface area (Å²) in [4.78, 5) is 12.4. The lowest BCUT2D eigenvalue weighted by atomic mass is 10.1. The molecule has 0 fully saturated rings. The van der Waals surface area contributed by atoms with Gasteiger partial charge in [0.1, 0.15) is 5.75 Å². The van der Waals surface area contributed by atoms with Crippen LogP contribution in [0.4, 0.5) is 5.69 Å². The van der Waals surface area contributed by atoms with E-state index in [9.17, 15) is 4.79 Å². The molecule has 1 N–H and O–H groups in total. The fourth-order valence-electron chi connectivity index (χ4n) is 1.89. The van der Waals surface area contributed by atoms with Crippen molar-refractivity contribution in [3.05, 3.63) is 54.9 Å². The summed E-state index contributed by atoms with van der Waals surface area (Å²) in [7, 11) is 1.58. The maximum Gasteiger partial charge on any atom is 0.256 e. The number of benzene rings is 2. The van der Waals surface area contributed by atoms with Crippen molar-refractivity contribution >= 4 is 59.4 Å². The molecule has 3 nitrogen and oxygen atoms in total. The van der Waals surface area contributed by atoms with Gasteiger partial charge in [-0.3, -0.25) is 4.79 Å². The molecule has 110 valence electrons. The van der Waals surface area contributed by atoms with Crippen LogP contribution < -0.4 is 10.1 Å². The van der Waals surface area contributed by atoms with Gasteiger partial charge in [0, 0.05) is 13.4 Å². The van der Waals surface area contributed by atoms with Gasteiger partial charge in [-0.25, -0.2) is 0 Å². The first kappa shape index (κ1) is 16.5. The number of amides is 1. The summed E-state index contributed by atoms with van der Waals surface area (Å²) >= 11 is 10.2. The van der Waals surface area contributed by atoms with Crippen molar-refractivity contribution in [3.63, 3.8) is 0 Å². The van der Waals surface area contributed by atoms with E-state index in [1.807, 2.05) is 31.2 Å². The minimum absolute atomic E-state index is 0.196. The van der Waals surface area contributed by atoms with Crippen molar-refractivity contribution in [3.8, 4) is 5.75 Å². The molecule has 21 heavy (non-hydrogen) atoms. The first-order valence-corrected chi connectivity index (χ1v) is 8.41. The number of carbonyl (C=O) groups is 1. The Labute approximate surface area is 148 Å². The van der Waals surface area contributed by atoms with Gasteiger partial charge < -0.3 is 10.1 Å². The molecular weight excluding hydrogens is 466 g/mol. The Kier molecular flexibility index (Phi) is 5.46. The monoisotopic (exact) mass is 475 g/mol. The standard InChI is InChI=1S/C15H12Br3NO2/c1-8-5-10(17)7-13(21-2)14(8)19-15(20)11-4-3-9(16)6-12(11)18/h3-7H,1-2H3,(H,19,20). The van der Waals surface area contributed by atoms with Crippen LogP contribution in [0.5, 0.6) is 5.75 Å². The number of hydrogen-bond donors (Lipinski definition) is 1. The zero-order valence-corrected chi connectivity index (χ0v) is 16.1. The van der Waals surface area contributed by atoms with Gasteiger partial charge in [0.2, 0.25) is 0 Å². The highest BCUT2D eigenvalue weighted by atomic mass is 79.9. The molecule has 1 amide bonds. The fourth-order valence-corrected chi connectivity index (χ4v) is 3.67. The van der Waals surface area contributed by atoms with Gasteiger partial charge in [-0.2, -0.15) is 0 Å². The Balaban J connectivity index is 2.36. The molecule has 0 aliphatic rings. The summed E-state index contributed by atoms with van der Waals surface area (Å²) in [5.41, 5.74) is 2.14. The average Bonchev–Trinajstić information content (AvgIpc) is 2.41. The van der Waals surface area contributed by atoms with Crippen LogP contribution >= 0.6 is 47.8 Å². The van der Waals surface area contributed by atoms with Gasteiger partial charge in [0.15, 0.2) is 0 Å². The van der Waals surface area contributed by atoms with Crippen LogP contribution in [0.2, 0.25) is 0 Å². The van der Waals surface area contributed by atoms with Crippen molar-refractivity contribution in [2.75, 3.05) is 12.4 Å². The molecular formula is C15H12Br3NO2. The molecule has 0 unspecified atom stereocenters. The number of nitrogens with one attached hydrogen (secondary N) is 1. The number of anilines is 1. The lowest BCUT2D eigenvalue weighted by Crippen LogP contribution is -2.14. The molecule has 0 atom stereocenters. The molecule has 6 heteroatoms. The van der Waals surface area contributed by atoms with Gasteiger partial charge in [0.25, 0.3) is 5.91 Å². The quantitative estimate of drug-likeness (QED) is 0.630. The van der Waals surface area contributed by atoms with E-state index in [0.717, 1.165) is 19.0 Å². The zero-order valence-electron chi connectivity index (χ0n) is 11.3. The van der Waals surface area contributed by atoms with Gasteiger partial charge in [0.05, 0.1) is 18.4 Å². The Morgan fingerprint density at radius 3 is 2.43 bits per heavy atom. The van der Waals surface area contributed by atoms with Crippen LogP contribution in [0.15, 0.2) is 43.7 Å². The van der Waals surface area contributed by atoms with E-state index in [2.05, 4.69) is 53.1 Å². The number of ether oxygens (including phenoxy) is 1. The van der Waals surface area contributed by atoms with E-state index in [-0.39, 0.29) is 5.91 Å². The average molecular weight is 478 g/mol. The number of hydrogen-bond acceptors (Lipinski definition) is 2. The SMILES string of the molecule is COc1cc(Br)cc(C)c1NC(=O)c1ccc(Br)cc1Br. The minimum atomic E-state index is -0.196. The second kappa shape index (κ2) is 6.94. The van der Waals surface area contributed by atoms with Gasteiger partial charge in [-0.05, 0) is 58.7 Å². The first-order chi connectivity index (χ1) is 9.92. The highest BCUT2D eigenvalue weighted by molar-refractivity contribution is 9.11. The van der Waals surface area contributed by atoms with Crippen molar-refractivity contribution in [2.45, 2.75) is 6.92 Å². The first-order valence-electron chi connectivity index (χ1n) is 6.03. The third kappa shape index (κ3) is 3.87. The topological polar surface area (TPSA) is 38.3 Å². The molecule has 2 aromatic carbocycles.